The van der Waals surface area contributed by atoms with Crippen LogP contribution in [0.2, 0.25) is 0 Å². The van der Waals surface area contributed by atoms with Gasteiger partial charge in [-0.2, -0.15) is 0 Å². The van der Waals surface area contributed by atoms with Crippen LogP contribution in [0, 0.1) is 0 Å². The highest BCUT2D eigenvalue weighted by Crippen LogP contribution is 2.29. The predicted molar refractivity (Wildman–Crippen MR) is 113 cm³/mol. The Hall–Kier alpha value is -3.02. The van der Waals surface area contributed by atoms with Gasteiger partial charge in [-0.15, -0.1) is 0 Å². The fraction of sp³-hybridized carbons (Fsp3) is 0.391. The van der Waals surface area contributed by atoms with Crippen LogP contribution in [0.25, 0.3) is 11.0 Å². The quantitative estimate of drug-likeness (QED) is 0.641. The van der Waals surface area contributed by atoms with Crippen LogP contribution in [0.5, 0.6) is 11.5 Å². The minimum atomic E-state index is 0.168. The molecule has 0 saturated carbocycles. The molecule has 29 heavy (non-hydrogen) atoms. The smallest absolute Gasteiger partial charge is 0.242 e. The number of ether oxygens (including phenoxy) is 2. The van der Waals surface area contributed by atoms with E-state index in [0.717, 1.165) is 48.4 Å². The number of fused-ring (bicyclic) bond motifs is 1. The number of methoxy groups -OCH3 is 2. The lowest BCUT2D eigenvalue weighted by Gasteiger charge is -2.27. The molecule has 0 atom stereocenters. The van der Waals surface area contributed by atoms with Crippen molar-refractivity contribution in [1.29, 1.82) is 0 Å². The number of piperidine rings is 1. The predicted octanol–water partition coefficient (Wildman–Crippen LogP) is 3.66. The van der Waals surface area contributed by atoms with Crippen LogP contribution in [0.3, 0.4) is 0 Å². The summed E-state index contributed by atoms with van der Waals surface area (Å²) in [5.74, 6) is 2.44. The highest BCUT2D eigenvalue weighted by molar-refractivity contribution is 5.81. The first-order valence-electron chi connectivity index (χ1n) is 10.1. The first-order valence-corrected chi connectivity index (χ1v) is 10.1. The summed E-state index contributed by atoms with van der Waals surface area (Å²) in [6.45, 7) is 2.04. The molecule has 0 unspecified atom stereocenters. The normalized spacial score (nSPS) is 14.2. The summed E-state index contributed by atoms with van der Waals surface area (Å²) in [5, 5.41) is 0. The zero-order valence-corrected chi connectivity index (χ0v) is 17.1. The van der Waals surface area contributed by atoms with Crippen molar-refractivity contribution >= 4 is 16.9 Å². The molecule has 1 amide bonds. The van der Waals surface area contributed by atoms with Crippen molar-refractivity contribution in [3.63, 3.8) is 0 Å². The van der Waals surface area contributed by atoms with Crippen LogP contribution < -0.4 is 9.47 Å². The SMILES string of the molecule is COc1ccc(Cc2nc3ccccc3n2CC(=O)N2CCCCC2)cc1OC. The van der Waals surface area contributed by atoms with Gasteiger partial charge in [0.05, 0.1) is 25.3 Å². The molecular formula is C23H27N3O3. The van der Waals surface area contributed by atoms with Gasteiger partial charge in [-0.1, -0.05) is 18.2 Å². The number of carbonyl (C=O) groups is 1. The Morgan fingerprint density at radius 2 is 1.76 bits per heavy atom. The Bertz CT molecular complexity index is 1010. The number of imidazole rings is 1. The maximum Gasteiger partial charge on any atom is 0.242 e. The third kappa shape index (κ3) is 4.06. The molecular weight excluding hydrogens is 366 g/mol. The topological polar surface area (TPSA) is 56.6 Å². The molecule has 6 nitrogen and oxygen atoms in total. The van der Waals surface area contributed by atoms with Crippen LogP contribution in [-0.4, -0.2) is 47.7 Å². The molecule has 1 saturated heterocycles. The van der Waals surface area contributed by atoms with Gasteiger partial charge < -0.3 is 18.9 Å². The van der Waals surface area contributed by atoms with Crippen LogP contribution in [0.15, 0.2) is 42.5 Å². The van der Waals surface area contributed by atoms with Crippen LogP contribution in [0.1, 0.15) is 30.7 Å². The van der Waals surface area contributed by atoms with Crippen molar-refractivity contribution < 1.29 is 14.3 Å². The lowest BCUT2D eigenvalue weighted by atomic mass is 10.1. The van der Waals surface area contributed by atoms with Gasteiger partial charge in [0.2, 0.25) is 5.91 Å². The first kappa shape index (κ1) is 19.3. The average Bonchev–Trinajstić information content (AvgIpc) is 3.11. The second-order valence-electron chi connectivity index (χ2n) is 7.41. The number of likely N-dealkylation sites (tertiary alicyclic amines) is 1. The summed E-state index contributed by atoms with van der Waals surface area (Å²) in [4.78, 5) is 19.7. The van der Waals surface area contributed by atoms with Crippen LogP contribution in [0.4, 0.5) is 0 Å². The van der Waals surface area contributed by atoms with E-state index in [9.17, 15) is 4.79 Å². The Morgan fingerprint density at radius 3 is 2.52 bits per heavy atom. The minimum Gasteiger partial charge on any atom is -0.493 e. The number of hydrogen-bond acceptors (Lipinski definition) is 4. The third-order valence-corrected chi connectivity index (χ3v) is 5.55. The molecule has 1 fully saturated rings. The lowest BCUT2D eigenvalue weighted by molar-refractivity contribution is -0.132. The summed E-state index contributed by atoms with van der Waals surface area (Å²) in [5.41, 5.74) is 2.97. The zero-order chi connectivity index (χ0) is 20.2. The number of amides is 1. The Labute approximate surface area is 171 Å². The standard InChI is InChI=1S/C23H27N3O3/c1-28-20-11-10-17(14-21(20)29-2)15-22-24-18-8-4-5-9-19(18)26(22)16-23(27)25-12-6-3-7-13-25/h4-5,8-11,14H,3,6-7,12-13,15-16H2,1-2H3. The molecule has 4 rings (SSSR count). The zero-order valence-electron chi connectivity index (χ0n) is 17.1. The van der Waals surface area contributed by atoms with Gasteiger partial charge in [0.1, 0.15) is 12.4 Å². The number of carbonyl (C=O) groups excluding carboxylic acids is 1. The van der Waals surface area contributed by atoms with Gasteiger partial charge in [-0.05, 0) is 49.1 Å². The number of rotatable bonds is 6. The minimum absolute atomic E-state index is 0.168. The monoisotopic (exact) mass is 393 g/mol. The van der Waals surface area contributed by atoms with Crippen molar-refractivity contribution in [2.45, 2.75) is 32.2 Å². The summed E-state index contributed by atoms with van der Waals surface area (Å²) in [6, 6.07) is 13.9. The number of para-hydroxylation sites is 2. The van der Waals surface area contributed by atoms with E-state index in [-0.39, 0.29) is 5.91 Å². The molecule has 0 aliphatic carbocycles. The molecule has 152 valence electrons. The highest BCUT2D eigenvalue weighted by Gasteiger charge is 2.20. The van der Waals surface area contributed by atoms with Crippen LogP contribution in [-0.2, 0) is 17.8 Å². The number of nitrogens with zero attached hydrogens (tertiary/aromatic N) is 3. The van der Waals surface area contributed by atoms with Crippen LogP contribution >= 0.6 is 0 Å². The maximum atomic E-state index is 12.9. The Morgan fingerprint density at radius 1 is 1.00 bits per heavy atom. The molecule has 2 heterocycles. The van der Waals surface area contributed by atoms with Crippen molar-refractivity contribution in [3.05, 3.63) is 53.9 Å². The van der Waals surface area contributed by atoms with Gasteiger partial charge in [-0.3, -0.25) is 4.79 Å². The summed E-state index contributed by atoms with van der Waals surface area (Å²) < 4.78 is 12.8. The Balaban J connectivity index is 1.65. The molecule has 6 heteroatoms. The molecule has 0 N–H and O–H groups in total. The van der Waals surface area contributed by atoms with E-state index >= 15 is 0 Å². The molecule has 3 aromatic rings. The summed E-state index contributed by atoms with van der Waals surface area (Å²) in [6.07, 6.45) is 4.01. The van der Waals surface area contributed by atoms with Crippen molar-refractivity contribution in [2.24, 2.45) is 0 Å². The summed E-state index contributed by atoms with van der Waals surface area (Å²) >= 11 is 0. The van der Waals surface area contributed by atoms with E-state index in [4.69, 9.17) is 14.5 Å². The maximum absolute atomic E-state index is 12.9. The lowest BCUT2D eigenvalue weighted by Crippen LogP contribution is -2.38. The number of benzene rings is 2. The number of aromatic nitrogens is 2. The summed E-state index contributed by atoms with van der Waals surface area (Å²) in [7, 11) is 3.26. The Kier molecular flexibility index (Phi) is 5.69. The van der Waals surface area contributed by atoms with Crippen molar-refractivity contribution in [1.82, 2.24) is 14.5 Å². The van der Waals surface area contributed by atoms with E-state index in [0.29, 0.717) is 24.5 Å². The van der Waals surface area contributed by atoms with E-state index in [1.54, 1.807) is 14.2 Å². The average molecular weight is 393 g/mol. The van der Waals surface area contributed by atoms with Gasteiger partial charge >= 0.3 is 0 Å². The molecule has 2 aromatic carbocycles. The van der Waals surface area contributed by atoms with Gasteiger partial charge in [-0.25, -0.2) is 4.98 Å². The van der Waals surface area contributed by atoms with Gasteiger partial charge in [0.15, 0.2) is 11.5 Å². The second-order valence-corrected chi connectivity index (χ2v) is 7.41. The first-order chi connectivity index (χ1) is 14.2. The number of hydrogen-bond donors (Lipinski definition) is 0. The van der Waals surface area contributed by atoms with E-state index in [1.807, 2.05) is 47.4 Å². The molecule has 0 spiro atoms. The van der Waals surface area contributed by atoms with Crippen molar-refractivity contribution in [3.8, 4) is 11.5 Å². The fourth-order valence-electron chi connectivity index (χ4n) is 3.99. The van der Waals surface area contributed by atoms with E-state index in [2.05, 4.69) is 4.57 Å². The second kappa shape index (κ2) is 8.55. The molecule has 0 bridgehead atoms. The fourth-order valence-corrected chi connectivity index (χ4v) is 3.99. The molecule has 1 aliphatic rings. The molecule has 1 aromatic heterocycles. The van der Waals surface area contributed by atoms with Crippen molar-refractivity contribution in [2.75, 3.05) is 27.3 Å². The molecule has 1 aliphatic heterocycles. The van der Waals surface area contributed by atoms with Gasteiger partial charge in [0, 0.05) is 19.5 Å². The largest absolute Gasteiger partial charge is 0.493 e. The third-order valence-electron chi connectivity index (χ3n) is 5.55. The molecule has 0 radical (unpaired) electrons. The highest BCUT2D eigenvalue weighted by atomic mass is 16.5. The van der Waals surface area contributed by atoms with Gasteiger partial charge in [0.25, 0.3) is 0 Å². The van der Waals surface area contributed by atoms with E-state index < -0.39 is 0 Å². The van der Waals surface area contributed by atoms with E-state index in [1.165, 1.54) is 6.42 Å².